The topological polar surface area (TPSA) is 70.1 Å². The molecular formula is C11H11F2N3O2. The maximum atomic E-state index is 13.2. The van der Waals surface area contributed by atoms with Gasteiger partial charge < -0.3 is 10.5 Å². The van der Waals surface area contributed by atoms with E-state index >= 15 is 0 Å². The molecule has 0 aliphatic carbocycles. The molecule has 2 aromatic rings. The molecule has 1 aromatic heterocycles. The van der Waals surface area contributed by atoms with Gasteiger partial charge in [0.05, 0.1) is 18.1 Å². The first-order valence-electron chi connectivity index (χ1n) is 5.16. The fourth-order valence-electron chi connectivity index (χ4n) is 1.79. The van der Waals surface area contributed by atoms with E-state index in [0.29, 0.717) is 0 Å². The van der Waals surface area contributed by atoms with E-state index in [2.05, 4.69) is 9.72 Å². The summed E-state index contributed by atoms with van der Waals surface area (Å²) in [6.45, 7) is 1.53. The number of rotatable bonds is 2. The second-order valence-corrected chi connectivity index (χ2v) is 3.79. The van der Waals surface area contributed by atoms with Gasteiger partial charge in [-0.2, -0.15) is 0 Å². The Kier molecular flexibility index (Phi) is 2.90. The molecule has 0 bridgehead atoms. The molecule has 0 aliphatic rings. The molecule has 0 saturated heterocycles. The number of hydrogen-bond acceptors (Lipinski definition) is 4. The summed E-state index contributed by atoms with van der Waals surface area (Å²) in [6.07, 6.45) is 0. The summed E-state index contributed by atoms with van der Waals surface area (Å²) in [7, 11) is 1.23. The lowest BCUT2D eigenvalue weighted by molar-refractivity contribution is -0.143. The van der Waals surface area contributed by atoms with Gasteiger partial charge in [0.25, 0.3) is 0 Å². The number of aromatic nitrogens is 2. The van der Waals surface area contributed by atoms with Crippen LogP contribution in [0, 0.1) is 11.6 Å². The van der Waals surface area contributed by atoms with Crippen LogP contribution >= 0.6 is 0 Å². The molecule has 7 heteroatoms. The lowest BCUT2D eigenvalue weighted by Gasteiger charge is -2.13. The first-order valence-corrected chi connectivity index (χ1v) is 5.16. The van der Waals surface area contributed by atoms with Crippen molar-refractivity contribution in [1.29, 1.82) is 0 Å². The third-order valence-electron chi connectivity index (χ3n) is 2.69. The number of anilines is 1. The van der Waals surface area contributed by atoms with Gasteiger partial charge in [-0.3, -0.25) is 4.57 Å². The molecule has 2 rings (SSSR count). The lowest BCUT2D eigenvalue weighted by atomic mass is 10.2. The third kappa shape index (κ3) is 1.77. The number of hydrogen-bond donors (Lipinski definition) is 1. The highest BCUT2D eigenvalue weighted by atomic mass is 19.2. The number of nitrogens with zero attached hydrogens (tertiary/aromatic N) is 2. The Balaban J connectivity index is 2.67. The molecule has 96 valence electrons. The van der Waals surface area contributed by atoms with Crippen LogP contribution in [0.15, 0.2) is 12.1 Å². The number of ether oxygens (including phenoxy) is 1. The van der Waals surface area contributed by atoms with Crippen molar-refractivity contribution in [3.63, 3.8) is 0 Å². The molecule has 2 N–H and O–H groups in total. The number of fused-ring (bicyclic) bond motifs is 1. The molecule has 0 amide bonds. The van der Waals surface area contributed by atoms with Gasteiger partial charge in [0.2, 0.25) is 5.95 Å². The number of nitrogens with two attached hydrogens (primary N) is 1. The van der Waals surface area contributed by atoms with Crippen molar-refractivity contribution in [2.24, 2.45) is 0 Å². The summed E-state index contributed by atoms with van der Waals surface area (Å²) < 4.78 is 32.1. The summed E-state index contributed by atoms with van der Waals surface area (Å²) in [5.74, 6) is -2.60. The summed E-state index contributed by atoms with van der Waals surface area (Å²) in [5, 5.41) is 0. The summed E-state index contributed by atoms with van der Waals surface area (Å²) in [5.41, 5.74) is 6.07. The van der Waals surface area contributed by atoms with E-state index in [1.165, 1.54) is 18.6 Å². The number of methoxy groups -OCH3 is 1. The fraction of sp³-hybridized carbons (Fsp3) is 0.273. The zero-order valence-corrected chi connectivity index (χ0v) is 9.78. The molecule has 18 heavy (non-hydrogen) atoms. The van der Waals surface area contributed by atoms with Crippen LogP contribution in [0.2, 0.25) is 0 Å². The molecular weight excluding hydrogens is 244 g/mol. The van der Waals surface area contributed by atoms with Crippen molar-refractivity contribution >= 4 is 23.0 Å². The van der Waals surface area contributed by atoms with E-state index in [0.717, 1.165) is 12.1 Å². The van der Waals surface area contributed by atoms with E-state index in [9.17, 15) is 13.6 Å². The molecule has 0 saturated carbocycles. The average molecular weight is 255 g/mol. The Hall–Kier alpha value is -2.18. The molecule has 1 atom stereocenters. The quantitative estimate of drug-likeness (QED) is 0.828. The van der Waals surface area contributed by atoms with Crippen LogP contribution in [-0.4, -0.2) is 22.6 Å². The highest BCUT2D eigenvalue weighted by Gasteiger charge is 2.22. The van der Waals surface area contributed by atoms with Crippen LogP contribution in [0.5, 0.6) is 0 Å². The predicted octanol–water partition coefficient (Wildman–Crippen LogP) is 1.63. The number of esters is 1. The average Bonchev–Trinajstić information content (AvgIpc) is 2.63. The van der Waals surface area contributed by atoms with Crippen molar-refractivity contribution in [2.45, 2.75) is 13.0 Å². The Bertz CT molecular complexity index is 624. The largest absolute Gasteiger partial charge is 0.467 e. The van der Waals surface area contributed by atoms with Gasteiger partial charge in [-0.1, -0.05) is 0 Å². The summed E-state index contributed by atoms with van der Waals surface area (Å²) in [6, 6.07) is 1.11. The zero-order chi connectivity index (χ0) is 13.4. The SMILES string of the molecule is COC(=O)C(C)n1c(N)nc2cc(F)c(F)cc21. The van der Waals surface area contributed by atoms with Crippen LogP contribution in [0.4, 0.5) is 14.7 Å². The minimum absolute atomic E-state index is 0.00657. The van der Waals surface area contributed by atoms with E-state index in [1.807, 2.05) is 0 Å². The summed E-state index contributed by atoms with van der Waals surface area (Å²) >= 11 is 0. The van der Waals surface area contributed by atoms with Gasteiger partial charge in [0, 0.05) is 12.1 Å². The van der Waals surface area contributed by atoms with Gasteiger partial charge in [-0.25, -0.2) is 18.6 Å². The lowest BCUT2D eigenvalue weighted by Crippen LogP contribution is -2.19. The highest BCUT2D eigenvalue weighted by molar-refractivity contribution is 5.83. The first-order chi connectivity index (χ1) is 8.45. The van der Waals surface area contributed by atoms with Crippen LogP contribution in [0.25, 0.3) is 11.0 Å². The molecule has 0 radical (unpaired) electrons. The maximum absolute atomic E-state index is 13.2. The fourth-order valence-corrected chi connectivity index (χ4v) is 1.79. The number of benzene rings is 1. The Morgan fingerprint density at radius 2 is 2.06 bits per heavy atom. The number of carbonyl (C=O) groups excluding carboxylic acids is 1. The van der Waals surface area contributed by atoms with Crippen LogP contribution < -0.4 is 5.73 Å². The van der Waals surface area contributed by atoms with Crippen LogP contribution in [0.1, 0.15) is 13.0 Å². The minimum atomic E-state index is -1.03. The number of imidazole rings is 1. The van der Waals surface area contributed by atoms with E-state index in [1.54, 1.807) is 0 Å². The molecule has 1 unspecified atom stereocenters. The van der Waals surface area contributed by atoms with Crippen LogP contribution in [-0.2, 0) is 9.53 Å². The predicted molar refractivity (Wildman–Crippen MR) is 60.8 cm³/mol. The third-order valence-corrected chi connectivity index (χ3v) is 2.69. The van der Waals surface area contributed by atoms with Gasteiger partial charge >= 0.3 is 5.97 Å². The monoisotopic (exact) mass is 255 g/mol. The Morgan fingerprint density at radius 3 is 2.67 bits per heavy atom. The second-order valence-electron chi connectivity index (χ2n) is 3.79. The molecule has 5 nitrogen and oxygen atoms in total. The Morgan fingerprint density at radius 1 is 1.44 bits per heavy atom. The molecule has 0 fully saturated rings. The van der Waals surface area contributed by atoms with Gasteiger partial charge in [0.15, 0.2) is 11.6 Å². The number of carbonyl (C=O) groups is 1. The van der Waals surface area contributed by atoms with E-state index in [4.69, 9.17) is 5.73 Å². The second kappa shape index (κ2) is 4.25. The minimum Gasteiger partial charge on any atom is -0.467 e. The molecule has 0 aliphatic heterocycles. The van der Waals surface area contributed by atoms with Crippen molar-refractivity contribution in [1.82, 2.24) is 9.55 Å². The molecule has 1 heterocycles. The van der Waals surface area contributed by atoms with Crippen LogP contribution in [0.3, 0.4) is 0 Å². The molecule has 1 aromatic carbocycles. The van der Waals surface area contributed by atoms with E-state index in [-0.39, 0.29) is 17.0 Å². The molecule has 0 spiro atoms. The van der Waals surface area contributed by atoms with E-state index < -0.39 is 23.6 Å². The van der Waals surface area contributed by atoms with Crippen molar-refractivity contribution in [2.75, 3.05) is 12.8 Å². The van der Waals surface area contributed by atoms with Gasteiger partial charge in [0.1, 0.15) is 6.04 Å². The Labute approximate surface area is 101 Å². The van der Waals surface area contributed by atoms with Gasteiger partial charge in [-0.05, 0) is 6.92 Å². The first kappa shape index (κ1) is 12.3. The highest BCUT2D eigenvalue weighted by Crippen LogP contribution is 2.25. The van der Waals surface area contributed by atoms with Crippen molar-refractivity contribution in [3.8, 4) is 0 Å². The van der Waals surface area contributed by atoms with Crippen molar-refractivity contribution in [3.05, 3.63) is 23.8 Å². The summed E-state index contributed by atoms with van der Waals surface area (Å²) in [4.78, 5) is 15.3. The van der Waals surface area contributed by atoms with Crippen molar-refractivity contribution < 1.29 is 18.3 Å². The zero-order valence-electron chi connectivity index (χ0n) is 9.78. The van der Waals surface area contributed by atoms with Gasteiger partial charge in [-0.15, -0.1) is 0 Å². The standard InChI is InChI=1S/C11H11F2N3O2/c1-5(10(17)18-2)16-9-4-7(13)6(12)3-8(9)15-11(16)14/h3-5H,1-2H3,(H2,14,15). The normalized spacial score (nSPS) is 12.7. The smallest absolute Gasteiger partial charge is 0.328 e. The maximum Gasteiger partial charge on any atom is 0.328 e. The number of nitrogen functional groups attached to an aromatic ring is 1. The number of halogens is 2.